The molecular weight excluding hydrogens is 346 g/mol. The van der Waals surface area contributed by atoms with Gasteiger partial charge in [0.1, 0.15) is 16.5 Å². The van der Waals surface area contributed by atoms with Crippen LogP contribution in [0.2, 0.25) is 5.15 Å². The summed E-state index contributed by atoms with van der Waals surface area (Å²) in [6.07, 6.45) is 2.43. The van der Waals surface area contributed by atoms with Crippen LogP contribution in [0.4, 0.5) is 5.82 Å². The highest BCUT2D eigenvalue weighted by atomic mass is 35.5. The summed E-state index contributed by atoms with van der Waals surface area (Å²) >= 11 is 6.10. The number of nitrogens with one attached hydrogen (secondary N) is 1. The molecule has 136 valence electrons. The molecule has 2 aromatic heterocycles. The van der Waals surface area contributed by atoms with Gasteiger partial charge in [-0.25, -0.2) is 9.78 Å². The molecule has 0 spiro atoms. The molecule has 0 saturated carbocycles. The van der Waals surface area contributed by atoms with Gasteiger partial charge in [0, 0.05) is 25.7 Å². The molecule has 0 amide bonds. The SMILES string of the molecule is CCOC(=O)c1cnn2c(NCCCN3CCOCC3)cc(Cl)nc12. The smallest absolute Gasteiger partial charge is 0.343 e. The fourth-order valence-electron chi connectivity index (χ4n) is 2.76. The molecule has 1 N–H and O–H groups in total. The van der Waals surface area contributed by atoms with Crippen LogP contribution < -0.4 is 5.32 Å². The van der Waals surface area contributed by atoms with E-state index in [2.05, 4.69) is 20.3 Å². The van der Waals surface area contributed by atoms with Crippen molar-refractivity contribution in [3.05, 3.63) is 23.0 Å². The van der Waals surface area contributed by atoms with Crippen LogP contribution in [0.15, 0.2) is 12.3 Å². The molecule has 0 aromatic carbocycles. The summed E-state index contributed by atoms with van der Waals surface area (Å²) in [5.74, 6) is 0.248. The largest absolute Gasteiger partial charge is 0.462 e. The summed E-state index contributed by atoms with van der Waals surface area (Å²) in [4.78, 5) is 18.6. The van der Waals surface area contributed by atoms with Crippen LogP contribution in [0, 0.1) is 0 Å². The molecule has 0 aliphatic carbocycles. The Hall–Kier alpha value is -1.90. The minimum absolute atomic E-state index is 0.295. The molecule has 25 heavy (non-hydrogen) atoms. The predicted molar refractivity (Wildman–Crippen MR) is 94.3 cm³/mol. The summed E-state index contributed by atoms with van der Waals surface area (Å²) in [6, 6.07) is 1.70. The minimum Gasteiger partial charge on any atom is -0.462 e. The third-order valence-electron chi connectivity index (χ3n) is 4.00. The van der Waals surface area contributed by atoms with E-state index in [4.69, 9.17) is 21.1 Å². The van der Waals surface area contributed by atoms with E-state index in [0.717, 1.165) is 45.8 Å². The Balaban J connectivity index is 1.65. The topological polar surface area (TPSA) is 81.0 Å². The number of morpholine rings is 1. The standard InChI is InChI=1S/C16H22ClN5O3/c1-2-25-16(23)12-11-19-22-14(10-13(17)20-15(12)22)18-4-3-5-21-6-8-24-9-7-21/h10-11,18H,2-9H2,1H3. The van der Waals surface area contributed by atoms with E-state index in [1.165, 1.54) is 6.20 Å². The average Bonchev–Trinajstić information content (AvgIpc) is 3.03. The number of hydrogen-bond donors (Lipinski definition) is 1. The first-order valence-corrected chi connectivity index (χ1v) is 8.82. The summed E-state index contributed by atoms with van der Waals surface area (Å²) in [5.41, 5.74) is 0.697. The van der Waals surface area contributed by atoms with E-state index in [1.54, 1.807) is 17.5 Å². The molecule has 1 aliphatic rings. The van der Waals surface area contributed by atoms with Crippen molar-refractivity contribution < 1.29 is 14.3 Å². The molecule has 0 radical (unpaired) electrons. The van der Waals surface area contributed by atoms with Gasteiger partial charge in [0.15, 0.2) is 5.65 Å². The van der Waals surface area contributed by atoms with Crippen molar-refractivity contribution in [2.24, 2.45) is 0 Å². The van der Waals surface area contributed by atoms with Crippen molar-refractivity contribution in [2.45, 2.75) is 13.3 Å². The van der Waals surface area contributed by atoms with Crippen LogP contribution in [0.5, 0.6) is 0 Å². The van der Waals surface area contributed by atoms with E-state index in [-0.39, 0.29) is 0 Å². The predicted octanol–water partition coefficient (Wildman–Crippen LogP) is 1.69. The van der Waals surface area contributed by atoms with Crippen molar-refractivity contribution in [2.75, 3.05) is 51.3 Å². The first-order chi connectivity index (χ1) is 12.2. The van der Waals surface area contributed by atoms with Gasteiger partial charge in [-0.2, -0.15) is 9.61 Å². The Kier molecular flexibility index (Phi) is 6.06. The Labute approximate surface area is 151 Å². The first kappa shape index (κ1) is 17.9. The Bertz CT molecular complexity index is 730. The zero-order valence-electron chi connectivity index (χ0n) is 14.2. The van der Waals surface area contributed by atoms with E-state index in [9.17, 15) is 4.79 Å². The van der Waals surface area contributed by atoms with Crippen LogP contribution >= 0.6 is 11.6 Å². The van der Waals surface area contributed by atoms with E-state index < -0.39 is 5.97 Å². The molecule has 9 heteroatoms. The maximum Gasteiger partial charge on any atom is 0.343 e. The number of fused-ring (bicyclic) bond motifs is 1. The van der Waals surface area contributed by atoms with Gasteiger partial charge in [0.05, 0.1) is 26.0 Å². The number of aromatic nitrogens is 3. The van der Waals surface area contributed by atoms with Crippen molar-refractivity contribution in [3.63, 3.8) is 0 Å². The first-order valence-electron chi connectivity index (χ1n) is 8.44. The second-order valence-corrected chi connectivity index (χ2v) is 6.10. The van der Waals surface area contributed by atoms with Crippen LogP contribution in [0.25, 0.3) is 5.65 Å². The number of ether oxygens (including phenoxy) is 2. The number of esters is 1. The van der Waals surface area contributed by atoms with Crippen LogP contribution in [0.3, 0.4) is 0 Å². The van der Waals surface area contributed by atoms with Crippen molar-refractivity contribution in [3.8, 4) is 0 Å². The lowest BCUT2D eigenvalue weighted by molar-refractivity contribution is 0.0378. The second-order valence-electron chi connectivity index (χ2n) is 5.71. The van der Waals surface area contributed by atoms with Gasteiger partial charge in [-0.05, 0) is 19.9 Å². The molecule has 1 saturated heterocycles. The molecule has 3 heterocycles. The van der Waals surface area contributed by atoms with Gasteiger partial charge in [-0.15, -0.1) is 0 Å². The highest BCUT2D eigenvalue weighted by Gasteiger charge is 2.17. The third kappa shape index (κ3) is 4.39. The molecule has 8 nitrogen and oxygen atoms in total. The molecule has 3 rings (SSSR count). The van der Waals surface area contributed by atoms with Crippen LogP contribution in [-0.2, 0) is 9.47 Å². The van der Waals surface area contributed by atoms with Crippen LogP contribution in [0.1, 0.15) is 23.7 Å². The van der Waals surface area contributed by atoms with Gasteiger partial charge in [-0.1, -0.05) is 11.6 Å². The Morgan fingerprint density at radius 1 is 1.44 bits per heavy atom. The number of hydrogen-bond acceptors (Lipinski definition) is 7. The minimum atomic E-state index is -0.453. The van der Waals surface area contributed by atoms with E-state index in [0.29, 0.717) is 28.8 Å². The highest BCUT2D eigenvalue weighted by molar-refractivity contribution is 6.29. The molecule has 0 bridgehead atoms. The maximum atomic E-state index is 12.0. The maximum absolute atomic E-state index is 12.0. The van der Waals surface area contributed by atoms with Crippen molar-refractivity contribution in [1.82, 2.24) is 19.5 Å². The number of carbonyl (C=O) groups is 1. The van der Waals surface area contributed by atoms with Gasteiger partial charge in [0.2, 0.25) is 0 Å². The summed E-state index contributed by atoms with van der Waals surface area (Å²) in [7, 11) is 0. The average molecular weight is 368 g/mol. The van der Waals surface area contributed by atoms with Crippen molar-refractivity contribution in [1.29, 1.82) is 0 Å². The fraction of sp³-hybridized carbons (Fsp3) is 0.562. The van der Waals surface area contributed by atoms with Gasteiger partial charge in [-0.3, -0.25) is 4.90 Å². The lowest BCUT2D eigenvalue weighted by atomic mass is 10.3. The molecule has 0 unspecified atom stereocenters. The molecule has 1 fully saturated rings. The lowest BCUT2D eigenvalue weighted by Crippen LogP contribution is -2.37. The summed E-state index contributed by atoms with van der Waals surface area (Å²) < 4.78 is 12.0. The normalized spacial score (nSPS) is 15.4. The Morgan fingerprint density at radius 3 is 3.00 bits per heavy atom. The second kappa shape index (κ2) is 8.46. The molecular formula is C16H22ClN5O3. The van der Waals surface area contributed by atoms with Crippen LogP contribution in [-0.4, -0.2) is 71.5 Å². The number of carbonyl (C=O) groups excluding carboxylic acids is 1. The lowest BCUT2D eigenvalue weighted by Gasteiger charge is -2.26. The molecule has 2 aromatic rings. The molecule has 0 atom stereocenters. The zero-order chi connectivity index (χ0) is 17.6. The van der Waals surface area contributed by atoms with Gasteiger partial charge >= 0.3 is 5.97 Å². The number of nitrogens with zero attached hydrogens (tertiary/aromatic N) is 4. The van der Waals surface area contributed by atoms with E-state index in [1.807, 2.05) is 0 Å². The fourth-order valence-corrected chi connectivity index (χ4v) is 2.94. The zero-order valence-corrected chi connectivity index (χ0v) is 15.0. The van der Waals surface area contributed by atoms with Gasteiger partial charge < -0.3 is 14.8 Å². The van der Waals surface area contributed by atoms with Gasteiger partial charge in [0.25, 0.3) is 0 Å². The number of rotatable bonds is 7. The van der Waals surface area contributed by atoms with E-state index >= 15 is 0 Å². The number of halogens is 1. The van der Waals surface area contributed by atoms with Crippen molar-refractivity contribution >= 4 is 29.0 Å². The highest BCUT2D eigenvalue weighted by Crippen LogP contribution is 2.19. The summed E-state index contributed by atoms with van der Waals surface area (Å²) in [5, 5.41) is 7.86. The number of anilines is 1. The monoisotopic (exact) mass is 367 g/mol. The Morgan fingerprint density at radius 2 is 2.24 bits per heavy atom. The quantitative estimate of drug-likeness (QED) is 0.453. The third-order valence-corrected chi connectivity index (χ3v) is 4.19. The summed E-state index contributed by atoms with van der Waals surface area (Å²) in [6.45, 7) is 7.39. The molecule has 1 aliphatic heterocycles.